The molecule has 0 bridgehead atoms. The van der Waals surface area contributed by atoms with Gasteiger partial charge in [-0.3, -0.25) is 0 Å². The van der Waals surface area contributed by atoms with Crippen molar-refractivity contribution < 1.29 is 14.3 Å². The molecule has 1 aromatic rings. The van der Waals surface area contributed by atoms with Crippen LogP contribution in [0.4, 0.5) is 9.18 Å². The fraction of sp³-hybridized carbons (Fsp3) is 0.562. The number of hydrogen-bond donors (Lipinski definition) is 3. The molecule has 0 aromatic heterocycles. The Morgan fingerprint density at radius 1 is 1.50 bits per heavy atom. The van der Waals surface area contributed by atoms with Crippen molar-refractivity contribution in [2.45, 2.75) is 44.8 Å². The molecule has 3 unspecified atom stereocenters. The third kappa shape index (κ3) is 4.85. The number of carbonyl (C=O) groups excluding carboxylic acids is 1. The van der Waals surface area contributed by atoms with Crippen LogP contribution in [-0.2, 0) is 0 Å². The Morgan fingerprint density at radius 2 is 2.27 bits per heavy atom. The van der Waals surface area contributed by atoms with E-state index in [9.17, 15) is 14.3 Å². The molecule has 0 aliphatic heterocycles. The zero-order valence-electron chi connectivity index (χ0n) is 12.6. The van der Waals surface area contributed by atoms with Gasteiger partial charge in [0.05, 0.1) is 12.1 Å². The Labute approximate surface area is 135 Å². The molecular weight excluding hydrogens is 307 g/mol. The molecule has 1 saturated carbocycles. The first kappa shape index (κ1) is 17.0. The predicted octanol–water partition coefficient (Wildman–Crippen LogP) is 3.39. The molecule has 3 atom stereocenters. The van der Waals surface area contributed by atoms with Gasteiger partial charge in [-0.2, -0.15) is 0 Å². The molecule has 0 saturated heterocycles. The Balaban J connectivity index is 1.81. The van der Waals surface area contributed by atoms with Crippen LogP contribution < -0.4 is 10.6 Å². The topological polar surface area (TPSA) is 61.4 Å². The Kier molecular flexibility index (Phi) is 6.03. The quantitative estimate of drug-likeness (QED) is 0.793. The number of aliphatic hydroxyl groups excluding tert-OH is 1. The number of nitrogens with one attached hydrogen (secondary N) is 2. The van der Waals surface area contributed by atoms with Crippen LogP contribution in [0, 0.1) is 11.7 Å². The van der Waals surface area contributed by atoms with Gasteiger partial charge >= 0.3 is 6.03 Å². The summed E-state index contributed by atoms with van der Waals surface area (Å²) in [6.07, 6.45) is 3.36. The lowest BCUT2D eigenvalue weighted by Crippen LogP contribution is -2.40. The molecule has 6 heteroatoms. The number of amides is 2. The average Bonchev–Trinajstić information content (AvgIpc) is 2.45. The van der Waals surface area contributed by atoms with Gasteiger partial charge in [0.1, 0.15) is 5.82 Å². The SMILES string of the molecule is CC(NC(=O)NCC1CCCC(O)C1)c1ccc(F)cc1Cl. The number of urea groups is 1. The first-order chi connectivity index (χ1) is 10.5. The highest BCUT2D eigenvalue weighted by atomic mass is 35.5. The van der Waals surface area contributed by atoms with E-state index >= 15 is 0 Å². The van der Waals surface area contributed by atoms with E-state index in [1.165, 1.54) is 12.1 Å². The standard InChI is InChI=1S/C16H22ClFN2O2/c1-10(14-6-5-12(18)8-15(14)17)20-16(22)19-9-11-3-2-4-13(21)7-11/h5-6,8,10-11,13,21H,2-4,7,9H2,1H3,(H2,19,20,22). The summed E-state index contributed by atoms with van der Waals surface area (Å²) in [7, 11) is 0. The summed E-state index contributed by atoms with van der Waals surface area (Å²) in [6.45, 7) is 2.34. The second-order valence-electron chi connectivity index (χ2n) is 5.93. The van der Waals surface area contributed by atoms with Crippen LogP contribution in [0.5, 0.6) is 0 Å². The molecule has 1 aromatic carbocycles. The Bertz CT molecular complexity index is 527. The van der Waals surface area contributed by atoms with Crippen LogP contribution >= 0.6 is 11.6 Å². The van der Waals surface area contributed by atoms with Crippen molar-refractivity contribution in [2.24, 2.45) is 5.92 Å². The van der Waals surface area contributed by atoms with Crippen molar-refractivity contribution in [1.82, 2.24) is 10.6 Å². The van der Waals surface area contributed by atoms with Crippen molar-refractivity contribution in [3.8, 4) is 0 Å². The van der Waals surface area contributed by atoms with Gasteiger partial charge < -0.3 is 15.7 Å². The van der Waals surface area contributed by atoms with Crippen LogP contribution in [0.3, 0.4) is 0 Å². The molecule has 0 heterocycles. The molecule has 1 aliphatic carbocycles. The summed E-state index contributed by atoms with van der Waals surface area (Å²) in [5, 5.41) is 15.5. The van der Waals surface area contributed by atoms with Gasteiger partial charge in [-0.25, -0.2) is 9.18 Å². The van der Waals surface area contributed by atoms with Crippen molar-refractivity contribution in [3.05, 3.63) is 34.6 Å². The molecule has 0 spiro atoms. The summed E-state index contributed by atoms with van der Waals surface area (Å²) >= 11 is 5.98. The smallest absolute Gasteiger partial charge is 0.315 e. The predicted molar refractivity (Wildman–Crippen MR) is 84.3 cm³/mol. The second kappa shape index (κ2) is 7.79. The van der Waals surface area contributed by atoms with Crippen molar-refractivity contribution >= 4 is 17.6 Å². The monoisotopic (exact) mass is 328 g/mol. The minimum absolute atomic E-state index is 0.249. The number of hydrogen-bond acceptors (Lipinski definition) is 2. The zero-order chi connectivity index (χ0) is 16.1. The summed E-state index contributed by atoms with van der Waals surface area (Å²) in [5.74, 6) is -0.0829. The van der Waals surface area contributed by atoms with E-state index in [4.69, 9.17) is 11.6 Å². The Morgan fingerprint density at radius 3 is 2.95 bits per heavy atom. The van der Waals surface area contributed by atoms with Crippen LogP contribution in [0.25, 0.3) is 0 Å². The number of carbonyl (C=O) groups is 1. The summed E-state index contributed by atoms with van der Waals surface area (Å²) in [6, 6.07) is 3.52. The molecule has 1 aliphatic rings. The molecule has 3 N–H and O–H groups in total. The van der Waals surface area contributed by atoms with E-state index in [0.29, 0.717) is 23.0 Å². The van der Waals surface area contributed by atoms with Crippen molar-refractivity contribution in [2.75, 3.05) is 6.54 Å². The van der Waals surface area contributed by atoms with Crippen LogP contribution in [-0.4, -0.2) is 23.8 Å². The van der Waals surface area contributed by atoms with Crippen molar-refractivity contribution in [1.29, 1.82) is 0 Å². The van der Waals surface area contributed by atoms with Gasteiger partial charge in [-0.05, 0) is 49.8 Å². The Hall–Kier alpha value is -1.33. The third-order valence-corrected chi connectivity index (χ3v) is 4.41. The molecule has 22 heavy (non-hydrogen) atoms. The highest BCUT2D eigenvalue weighted by Crippen LogP contribution is 2.24. The van der Waals surface area contributed by atoms with Gasteiger partial charge in [-0.15, -0.1) is 0 Å². The van der Waals surface area contributed by atoms with Crippen molar-refractivity contribution in [3.63, 3.8) is 0 Å². The lowest BCUT2D eigenvalue weighted by molar-refractivity contribution is 0.101. The van der Waals surface area contributed by atoms with E-state index in [0.717, 1.165) is 25.7 Å². The minimum Gasteiger partial charge on any atom is -0.393 e. The highest BCUT2D eigenvalue weighted by Gasteiger charge is 2.21. The lowest BCUT2D eigenvalue weighted by Gasteiger charge is -2.26. The largest absolute Gasteiger partial charge is 0.393 e. The maximum atomic E-state index is 13.0. The van der Waals surface area contributed by atoms with E-state index < -0.39 is 5.82 Å². The number of halogens is 2. The first-order valence-electron chi connectivity index (χ1n) is 7.63. The van der Waals surface area contributed by atoms with Gasteiger partial charge in [0.2, 0.25) is 0 Å². The summed E-state index contributed by atoms with van der Waals surface area (Å²) in [5.41, 5.74) is 0.673. The number of aliphatic hydroxyl groups is 1. The number of benzene rings is 1. The lowest BCUT2D eigenvalue weighted by atomic mass is 9.87. The molecule has 1 fully saturated rings. The normalized spacial score (nSPS) is 22.9. The maximum absolute atomic E-state index is 13.0. The first-order valence-corrected chi connectivity index (χ1v) is 8.01. The van der Waals surface area contributed by atoms with E-state index in [-0.39, 0.29) is 18.2 Å². The van der Waals surface area contributed by atoms with Gasteiger partial charge in [0.25, 0.3) is 0 Å². The minimum atomic E-state index is -0.402. The molecule has 4 nitrogen and oxygen atoms in total. The number of rotatable bonds is 4. The zero-order valence-corrected chi connectivity index (χ0v) is 13.4. The van der Waals surface area contributed by atoms with E-state index in [1.807, 2.05) is 0 Å². The second-order valence-corrected chi connectivity index (χ2v) is 6.34. The van der Waals surface area contributed by atoms with Crippen LogP contribution in [0.1, 0.15) is 44.2 Å². The molecule has 0 radical (unpaired) electrons. The fourth-order valence-corrected chi connectivity index (χ4v) is 3.19. The van der Waals surface area contributed by atoms with Crippen LogP contribution in [0.2, 0.25) is 5.02 Å². The molecular formula is C16H22ClFN2O2. The molecule has 2 rings (SSSR count). The van der Waals surface area contributed by atoms with E-state index in [2.05, 4.69) is 10.6 Å². The van der Waals surface area contributed by atoms with E-state index in [1.54, 1.807) is 13.0 Å². The van der Waals surface area contributed by atoms with Gasteiger partial charge in [0.15, 0.2) is 0 Å². The van der Waals surface area contributed by atoms with Crippen LogP contribution in [0.15, 0.2) is 18.2 Å². The highest BCUT2D eigenvalue weighted by molar-refractivity contribution is 6.31. The van der Waals surface area contributed by atoms with Gasteiger partial charge in [0, 0.05) is 11.6 Å². The molecule has 2 amide bonds. The summed E-state index contributed by atoms with van der Waals surface area (Å²) in [4.78, 5) is 11.9. The summed E-state index contributed by atoms with van der Waals surface area (Å²) < 4.78 is 13.0. The average molecular weight is 329 g/mol. The maximum Gasteiger partial charge on any atom is 0.315 e. The molecule has 122 valence electrons. The van der Waals surface area contributed by atoms with Gasteiger partial charge in [-0.1, -0.05) is 24.1 Å². The third-order valence-electron chi connectivity index (χ3n) is 4.08. The fourth-order valence-electron chi connectivity index (χ4n) is 2.86.